The maximum absolute atomic E-state index is 12.5. The van der Waals surface area contributed by atoms with E-state index >= 15 is 0 Å². The molecular weight excluding hydrogens is 240 g/mol. The molecule has 0 aromatic heterocycles. The van der Waals surface area contributed by atoms with E-state index in [1.54, 1.807) is 11.8 Å². The SMILES string of the molecule is CC(=O)N1CCN(C(=O)c2cccc(C)c2C)CC1. The lowest BCUT2D eigenvalue weighted by molar-refractivity contribution is -0.130. The molecule has 1 saturated heterocycles. The van der Waals surface area contributed by atoms with Crippen LogP contribution < -0.4 is 0 Å². The van der Waals surface area contributed by atoms with Gasteiger partial charge in [0.2, 0.25) is 5.91 Å². The molecule has 1 aliphatic heterocycles. The van der Waals surface area contributed by atoms with E-state index in [-0.39, 0.29) is 11.8 Å². The molecular formula is C15H20N2O2. The molecule has 0 spiro atoms. The van der Waals surface area contributed by atoms with Crippen molar-refractivity contribution in [1.29, 1.82) is 0 Å². The van der Waals surface area contributed by atoms with Crippen molar-refractivity contribution in [3.05, 3.63) is 34.9 Å². The quantitative estimate of drug-likeness (QED) is 0.769. The summed E-state index contributed by atoms with van der Waals surface area (Å²) >= 11 is 0. The van der Waals surface area contributed by atoms with Gasteiger partial charge in [-0.25, -0.2) is 0 Å². The topological polar surface area (TPSA) is 40.6 Å². The van der Waals surface area contributed by atoms with Crippen molar-refractivity contribution >= 4 is 11.8 Å². The minimum Gasteiger partial charge on any atom is -0.339 e. The number of hydrogen-bond donors (Lipinski definition) is 0. The molecule has 0 atom stereocenters. The third-order valence-electron chi connectivity index (χ3n) is 3.85. The van der Waals surface area contributed by atoms with Gasteiger partial charge in [-0.2, -0.15) is 0 Å². The summed E-state index contributed by atoms with van der Waals surface area (Å²) in [4.78, 5) is 27.4. The van der Waals surface area contributed by atoms with Crippen LogP contribution in [0.25, 0.3) is 0 Å². The maximum atomic E-state index is 12.5. The van der Waals surface area contributed by atoms with Gasteiger partial charge in [-0.15, -0.1) is 0 Å². The Kier molecular flexibility index (Phi) is 3.88. The van der Waals surface area contributed by atoms with E-state index in [0.717, 1.165) is 16.7 Å². The van der Waals surface area contributed by atoms with Gasteiger partial charge in [-0.3, -0.25) is 9.59 Å². The molecule has 2 rings (SSSR count). The maximum Gasteiger partial charge on any atom is 0.254 e. The van der Waals surface area contributed by atoms with E-state index in [1.165, 1.54) is 0 Å². The number of carbonyl (C=O) groups is 2. The van der Waals surface area contributed by atoms with E-state index in [2.05, 4.69) is 0 Å². The standard InChI is InChI=1S/C15H20N2O2/c1-11-5-4-6-14(12(11)2)15(19)17-9-7-16(8-10-17)13(3)18/h4-6H,7-10H2,1-3H3. The summed E-state index contributed by atoms with van der Waals surface area (Å²) in [6.07, 6.45) is 0. The van der Waals surface area contributed by atoms with Crippen LogP contribution in [0, 0.1) is 13.8 Å². The fourth-order valence-corrected chi connectivity index (χ4v) is 2.38. The van der Waals surface area contributed by atoms with Crippen molar-refractivity contribution in [2.24, 2.45) is 0 Å². The lowest BCUT2D eigenvalue weighted by Gasteiger charge is -2.34. The minimum absolute atomic E-state index is 0.0735. The van der Waals surface area contributed by atoms with Gasteiger partial charge in [-0.05, 0) is 31.0 Å². The van der Waals surface area contributed by atoms with Crippen LogP contribution in [0.1, 0.15) is 28.4 Å². The van der Waals surface area contributed by atoms with Crippen LogP contribution in [0.3, 0.4) is 0 Å². The molecule has 0 bridgehead atoms. The van der Waals surface area contributed by atoms with Crippen LogP contribution >= 0.6 is 0 Å². The predicted octanol–water partition coefficient (Wildman–Crippen LogP) is 1.61. The second-order valence-electron chi connectivity index (χ2n) is 5.05. The zero-order chi connectivity index (χ0) is 14.0. The molecule has 4 heteroatoms. The van der Waals surface area contributed by atoms with Gasteiger partial charge in [0, 0.05) is 38.7 Å². The highest BCUT2D eigenvalue weighted by atomic mass is 16.2. The predicted molar refractivity (Wildman–Crippen MR) is 74.1 cm³/mol. The van der Waals surface area contributed by atoms with E-state index in [9.17, 15) is 9.59 Å². The normalized spacial score (nSPS) is 15.5. The smallest absolute Gasteiger partial charge is 0.254 e. The summed E-state index contributed by atoms with van der Waals surface area (Å²) in [6.45, 7) is 8.06. The number of nitrogens with zero attached hydrogens (tertiary/aromatic N) is 2. The molecule has 1 heterocycles. The molecule has 1 aliphatic rings. The van der Waals surface area contributed by atoms with Gasteiger partial charge < -0.3 is 9.80 Å². The Morgan fingerprint density at radius 1 is 1.00 bits per heavy atom. The van der Waals surface area contributed by atoms with E-state index in [4.69, 9.17) is 0 Å². The Morgan fingerprint density at radius 3 is 2.16 bits per heavy atom. The third kappa shape index (κ3) is 2.78. The van der Waals surface area contributed by atoms with Crippen molar-refractivity contribution in [2.45, 2.75) is 20.8 Å². The Balaban J connectivity index is 2.09. The number of piperazine rings is 1. The van der Waals surface area contributed by atoms with Gasteiger partial charge in [-0.1, -0.05) is 12.1 Å². The molecule has 2 amide bonds. The highest BCUT2D eigenvalue weighted by Gasteiger charge is 2.24. The van der Waals surface area contributed by atoms with Crippen molar-refractivity contribution < 1.29 is 9.59 Å². The van der Waals surface area contributed by atoms with Crippen LogP contribution in [0.5, 0.6) is 0 Å². The zero-order valence-corrected chi connectivity index (χ0v) is 11.8. The van der Waals surface area contributed by atoms with Gasteiger partial charge >= 0.3 is 0 Å². The minimum atomic E-state index is 0.0735. The van der Waals surface area contributed by atoms with Crippen molar-refractivity contribution in [3.8, 4) is 0 Å². The van der Waals surface area contributed by atoms with Crippen LogP contribution in [-0.4, -0.2) is 47.8 Å². The molecule has 0 N–H and O–H groups in total. The summed E-state index contributed by atoms with van der Waals surface area (Å²) in [5, 5.41) is 0. The molecule has 4 nitrogen and oxygen atoms in total. The first-order chi connectivity index (χ1) is 9.00. The second kappa shape index (κ2) is 5.43. The highest BCUT2D eigenvalue weighted by molar-refractivity contribution is 5.96. The van der Waals surface area contributed by atoms with Crippen LogP contribution in [0.15, 0.2) is 18.2 Å². The van der Waals surface area contributed by atoms with Gasteiger partial charge in [0.1, 0.15) is 0 Å². The fourth-order valence-electron chi connectivity index (χ4n) is 2.38. The monoisotopic (exact) mass is 260 g/mol. The average Bonchev–Trinajstić information content (AvgIpc) is 2.41. The average molecular weight is 260 g/mol. The summed E-state index contributed by atoms with van der Waals surface area (Å²) in [6, 6.07) is 5.81. The molecule has 0 aliphatic carbocycles. The largest absolute Gasteiger partial charge is 0.339 e. The van der Waals surface area contributed by atoms with E-state index in [1.807, 2.05) is 36.9 Å². The van der Waals surface area contributed by atoms with E-state index < -0.39 is 0 Å². The molecule has 1 aromatic rings. The first-order valence-electron chi connectivity index (χ1n) is 6.61. The van der Waals surface area contributed by atoms with Crippen molar-refractivity contribution in [3.63, 3.8) is 0 Å². The molecule has 0 unspecified atom stereocenters. The molecule has 0 radical (unpaired) electrons. The Morgan fingerprint density at radius 2 is 1.58 bits per heavy atom. The second-order valence-corrected chi connectivity index (χ2v) is 5.05. The van der Waals surface area contributed by atoms with Crippen LogP contribution in [0.4, 0.5) is 0 Å². The van der Waals surface area contributed by atoms with E-state index in [0.29, 0.717) is 26.2 Å². The van der Waals surface area contributed by atoms with Gasteiger partial charge in [0.05, 0.1) is 0 Å². The number of amides is 2. The van der Waals surface area contributed by atoms with Gasteiger partial charge in [0.25, 0.3) is 5.91 Å². The Hall–Kier alpha value is -1.84. The van der Waals surface area contributed by atoms with Crippen molar-refractivity contribution in [2.75, 3.05) is 26.2 Å². The first kappa shape index (κ1) is 13.6. The highest BCUT2D eigenvalue weighted by Crippen LogP contribution is 2.16. The molecule has 0 saturated carbocycles. The molecule has 1 aromatic carbocycles. The first-order valence-corrected chi connectivity index (χ1v) is 6.61. The number of hydrogen-bond acceptors (Lipinski definition) is 2. The van der Waals surface area contributed by atoms with Gasteiger partial charge in [0.15, 0.2) is 0 Å². The fraction of sp³-hybridized carbons (Fsp3) is 0.467. The van der Waals surface area contributed by atoms with Crippen molar-refractivity contribution in [1.82, 2.24) is 9.80 Å². The summed E-state index contributed by atoms with van der Waals surface area (Å²) in [5.41, 5.74) is 2.95. The summed E-state index contributed by atoms with van der Waals surface area (Å²) in [7, 11) is 0. The molecule has 102 valence electrons. The molecule has 1 fully saturated rings. The number of aryl methyl sites for hydroxylation is 1. The molecule has 19 heavy (non-hydrogen) atoms. The Bertz CT molecular complexity index is 503. The number of benzene rings is 1. The summed E-state index contributed by atoms with van der Waals surface area (Å²) in [5.74, 6) is 0.156. The lowest BCUT2D eigenvalue weighted by atomic mass is 10.0. The Labute approximate surface area is 114 Å². The van der Waals surface area contributed by atoms with Crippen LogP contribution in [0.2, 0.25) is 0 Å². The summed E-state index contributed by atoms with van der Waals surface area (Å²) < 4.78 is 0. The lowest BCUT2D eigenvalue weighted by Crippen LogP contribution is -2.50. The zero-order valence-electron chi connectivity index (χ0n) is 11.8. The number of rotatable bonds is 1. The third-order valence-corrected chi connectivity index (χ3v) is 3.85. The van der Waals surface area contributed by atoms with Crippen LogP contribution in [-0.2, 0) is 4.79 Å². The number of carbonyl (C=O) groups excluding carboxylic acids is 2.